The Morgan fingerprint density at radius 2 is 1.78 bits per heavy atom. The van der Waals surface area contributed by atoms with Crippen molar-refractivity contribution < 1.29 is 19.2 Å². The van der Waals surface area contributed by atoms with Crippen molar-refractivity contribution in [1.82, 2.24) is 15.1 Å². The van der Waals surface area contributed by atoms with Crippen LogP contribution < -0.4 is 10.6 Å². The van der Waals surface area contributed by atoms with Crippen LogP contribution >= 0.6 is 0 Å². The van der Waals surface area contributed by atoms with Crippen molar-refractivity contribution in [2.45, 2.75) is 32.7 Å². The summed E-state index contributed by atoms with van der Waals surface area (Å²) in [5.41, 5.74) is -0.0106. The second-order valence-electron chi connectivity index (χ2n) is 7.58. The molecule has 1 aliphatic heterocycles. The summed E-state index contributed by atoms with van der Waals surface area (Å²) >= 11 is 0. The number of carbonyl (C=O) groups excluding carboxylic acids is 4. The van der Waals surface area contributed by atoms with Gasteiger partial charge >= 0.3 is 6.03 Å². The molecular weight excluding hydrogens is 348 g/mol. The molecule has 1 fully saturated rings. The highest BCUT2D eigenvalue weighted by atomic mass is 16.2. The SMILES string of the molecule is CC(C)C[C@@]1(C)NC(=O)N(CC(=O)Nc2ccc(C(=O)N(C)C)cc2)C1=O. The minimum Gasteiger partial charge on any atom is -0.345 e. The summed E-state index contributed by atoms with van der Waals surface area (Å²) in [5.74, 6) is -0.810. The van der Waals surface area contributed by atoms with Crippen molar-refractivity contribution in [3.8, 4) is 0 Å². The van der Waals surface area contributed by atoms with Crippen LogP contribution in [0.4, 0.5) is 10.5 Å². The smallest absolute Gasteiger partial charge is 0.325 e. The lowest BCUT2D eigenvalue weighted by Crippen LogP contribution is -2.45. The maximum Gasteiger partial charge on any atom is 0.325 e. The van der Waals surface area contributed by atoms with Gasteiger partial charge in [0.25, 0.3) is 11.8 Å². The zero-order chi connectivity index (χ0) is 20.4. The zero-order valence-corrected chi connectivity index (χ0v) is 16.3. The maximum atomic E-state index is 12.6. The van der Waals surface area contributed by atoms with Crippen molar-refractivity contribution >= 4 is 29.4 Å². The van der Waals surface area contributed by atoms with Gasteiger partial charge in [0.15, 0.2) is 0 Å². The number of rotatable bonds is 6. The van der Waals surface area contributed by atoms with Gasteiger partial charge in [-0.2, -0.15) is 0 Å². The van der Waals surface area contributed by atoms with E-state index in [2.05, 4.69) is 10.6 Å². The van der Waals surface area contributed by atoms with Gasteiger partial charge in [0, 0.05) is 25.3 Å². The van der Waals surface area contributed by atoms with Crippen LogP contribution in [0.15, 0.2) is 24.3 Å². The number of benzene rings is 1. The lowest BCUT2D eigenvalue weighted by atomic mass is 9.91. The van der Waals surface area contributed by atoms with E-state index in [1.165, 1.54) is 4.90 Å². The molecule has 1 heterocycles. The van der Waals surface area contributed by atoms with E-state index in [4.69, 9.17) is 0 Å². The zero-order valence-electron chi connectivity index (χ0n) is 16.3. The van der Waals surface area contributed by atoms with E-state index in [-0.39, 0.29) is 18.4 Å². The summed E-state index contributed by atoms with van der Waals surface area (Å²) < 4.78 is 0. The van der Waals surface area contributed by atoms with Gasteiger partial charge in [-0.1, -0.05) is 13.8 Å². The highest BCUT2D eigenvalue weighted by Gasteiger charge is 2.48. The lowest BCUT2D eigenvalue weighted by Gasteiger charge is -2.23. The molecule has 146 valence electrons. The van der Waals surface area contributed by atoms with Gasteiger partial charge in [-0.05, 0) is 43.5 Å². The summed E-state index contributed by atoms with van der Waals surface area (Å²) in [4.78, 5) is 51.2. The molecule has 1 aromatic rings. The van der Waals surface area contributed by atoms with Crippen molar-refractivity contribution in [2.24, 2.45) is 5.92 Å². The molecule has 8 nitrogen and oxygen atoms in total. The van der Waals surface area contributed by atoms with Crippen LogP contribution in [0.3, 0.4) is 0 Å². The quantitative estimate of drug-likeness (QED) is 0.740. The molecule has 1 aliphatic rings. The van der Waals surface area contributed by atoms with Gasteiger partial charge < -0.3 is 15.5 Å². The van der Waals surface area contributed by atoms with E-state index < -0.39 is 23.4 Å². The monoisotopic (exact) mass is 374 g/mol. The predicted molar refractivity (Wildman–Crippen MR) is 101 cm³/mol. The summed E-state index contributed by atoms with van der Waals surface area (Å²) in [7, 11) is 3.31. The fourth-order valence-corrected chi connectivity index (χ4v) is 3.14. The molecule has 0 aliphatic carbocycles. The largest absolute Gasteiger partial charge is 0.345 e. The van der Waals surface area contributed by atoms with Gasteiger partial charge in [-0.3, -0.25) is 19.3 Å². The van der Waals surface area contributed by atoms with E-state index in [0.717, 1.165) is 4.90 Å². The fourth-order valence-electron chi connectivity index (χ4n) is 3.14. The number of imide groups is 1. The average Bonchev–Trinajstić information content (AvgIpc) is 2.77. The maximum absolute atomic E-state index is 12.6. The van der Waals surface area contributed by atoms with Crippen molar-refractivity contribution in [2.75, 3.05) is 26.0 Å². The first-order valence-electron chi connectivity index (χ1n) is 8.79. The Morgan fingerprint density at radius 1 is 1.19 bits per heavy atom. The molecule has 0 spiro atoms. The van der Waals surface area contributed by atoms with Crippen LogP contribution in [0.5, 0.6) is 0 Å². The number of nitrogens with zero attached hydrogens (tertiary/aromatic N) is 2. The number of hydrogen-bond acceptors (Lipinski definition) is 4. The Hall–Kier alpha value is -2.90. The van der Waals surface area contributed by atoms with E-state index in [9.17, 15) is 19.2 Å². The molecule has 1 atom stereocenters. The Bertz CT molecular complexity index is 757. The first kappa shape index (κ1) is 20.4. The molecule has 8 heteroatoms. The summed E-state index contributed by atoms with van der Waals surface area (Å²) in [6, 6.07) is 5.84. The van der Waals surface area contributed by atoms with E-state index in [1.54, 1.807) is 45.3 Å². The molecule has 0 radical (unpaired) electrons. The average molecular weight is 374 g/mol. The molecule has 1 saturated heterocycles. The molecular formula is C19H26N4O4. The van der Waals surface area contributed by atoms with Crippen LogP contribution in [0, 0.1) is 5.92 Å². The molecule has 2 N–H and O–H groups in total. The normalized spacial score (nSPS) is 19.3. The molecule has 2 rings (SSSR count). The van der Waals surface area contributed by atoms with Crippen molar-refractivity contribution in [3.63, 3.8) is 0 Å². The van der Waals surface area contributed by atoms with Crippen LogP contribution in [0.2, 0.25) is 0 Å². The third kappa shape index (κ3) is 4.64. The topological polar surface area (TPSA) is 98.8 Å². The van der Waals surface area contributed by atoms with Crippen LogP contribution in [0.25, 0.3) is 0 Å². The highest BCUT2D eigenvalue weighted by molar-refractivity contribution is 6.10. The second kappa shape index (κ2) is 7.77. The molecule has 0 bridgehead atoms. The predicted octanol–water partition coefficient (Wildman–Crippen LogP) is 1.68. The van der Waals surface area contributed by atoms with E-state index in [1.807, 2.05) is 13.8 Å². The summed E-state index contributed by atoms with van der Waals surface area (Å²) in [6.45, 7) is 5.23. The van der Waals surface area contributed by atoms with Crippen molar-refractivity contribution in [3.05, 3.63) is 29.8 Å². The van der Waals surface area contributed by atoms with E-state index in [0.29, 0.717) is 17.7 Å². The Labute approximate surface area is 158 Å². The number of amides is 5. The van der Waals surface area contributed by atoms with Crippen LogP contribution in [0.1, 0.15) is 37.6 Å². The van der Waals surface area contributed by atoms with E-state index >= 15 is 0 Å². The minimum absolute atomic E-state index is 0.142. The van der Waals surface area contributed by atoms with Gasteiger partial charge in [-0.15, -0.1) is 0 Å². The number of anilines is 1. The third-order valence-corrected chi connectivity index (χ3v) is 4.29. The Balaban J connectivity index is 2.00. The summed E-state index contributed by atoms with van der Waals surface area (Å²) in [5, 5.41) is 5.31. The van der Waals surface area contributed by atoms with Gasteiger partial charge in [0.1, 0.15) is 12.1 Å². The van der Waals surface area contributed by atoms with Crippen LogP contribution in [-0.2, 0) is 9.59 Å². The first-order chi connectivity index (χ1) is 12.5. The van der Waals surface area contributed by atoms with Crippen LogP contribution in [-0.4, -0.2) is 59.7 Å². The standard InChI is InChI=1S/C19H26N4O4/c1-12(2)10-19(3)17(26)23(18(27)21-19)11-15(24)20-14-8-6-13(7-9-14)16(25)22(4)5/h6-9,12H,10-11H2,1-5H3,(H,20,24)(H,21,27)/t19-/m1/s1. The van der Waals surface area contributed by atoms with Gasteiger partial charge in [-0.25, -0.2) is 4.79 Å². The number of nitrogens with one attached hydrogen (secondary N) is 2. The molecule has 0 aromatic heterocycles. The Kier molecular flexibility index (Phi) is 5.88. The molecule has 27 heavy (non-hydrogen) atoms. The minimum atomic E-state index is -0.986. The number of carbonyl (C=O) groups is 4. The molecule has 1 aromatic carbocycles. The lowest BCUT2D eigenvalue weighted by molar-refractivity contribution is -0.133. The molecule has 0 unspecified atom stereocenters. The number of hydrogen-bond donors (Lipinski definition) is 2. The second-order valence-corrected chi connectivity index (χ2v) is 7.58. The Morgan fingerprint density at radius 3 is 2.30 bits per heavy atom. The van der Waals surface area contributed by atoms with Gasteiger partial charge in [0.05, 0.1) is 0 Å². The highest BCUT2D eigenvalue weighted by Crippen LogP contribution is 2.24. The fraction of sp³-hybridized carbons (Fsp3) is 0.474. The molecule has 0 saturated carbocycles. The van der Waals surface area contributed by atoms with Gasteiger partial charge in [0.2, 0.25) is 5.91 Å². The molecule has 5 amide bonds. The van der Waals surface area contributed by atoms with Crippen molar-refractivity contribution in [1.29, 1.82) is 0 Å². The number of urea groups is 1. The summed E-state index contributed by atoms with van der Waals surface area (Å²) in [6.07, 6.45) is 0.497. The third-order valence-electron chi connectivity index (χ3n) is 4.29. The first-order valence-corrected chi connectivity index (χ1v) is 8.79.